The summed E-state index contributed by atoms with van der Waals surface area (Å²) in [6.45, 7) is 3.26. The van der Waals surface area contributed by atoms with Gasteiger partial charge in [0.15, 0.2) is 5.69 Å². The molecule has 1 saturated heterocycles. The van der Waals surface area contributed by atoms with Crippen LogP contribution in [0, 0.1) is 30.1 Å². The van der Waals surface area contributed by atoms with Crippen molar-refractivity contribution in [2.24, 2.45) is 23.2 Å². The molecule has 1 aliphatic heterocycles. The first-order chi connectivity index (χ1) is 13.5. The van der Waals surface area contributed by atoms with Gasteiger partial charge in [-0.3, -0.25) is 9.59 Å². The molecule has 2 amide bonds. The van der Waals surface area contributed by atoms with E-state index in [1.165, 1.54) is 38.5 Å². The van der Waals surface area contributed by atoms with Gasteiger partial charge in [0.05, 0.1) is 0 Å². The van der Waals surface area contributed by atoms with Crippen LogP contribution in [-0.2, 0) is 4.79 Å². The number of piperidine rings is 1. The molecule has 5 fully saturated rings. The first-order valence-corrected chi connectivity index (χ1v) is 11.0. The van der Waals surface area contributed by atoms with E-state index in [0.29, 0.717) is 22.8 Å². The number of amides is 2. The minimum absolute atomic E-state index is 0.105. The number of hydrogen-bond acceptors (Lipinski definition) is 4. The van der Waals surface area contributed by atoms with Crippen molar-refractivity contribution in [1.29, 1.82) is 0 Å². The van der Waals surface area contributed by atoms with E-state index in [0.717, 1.165) is 50.1 Å². The highest BCUT2D eigenvalue weighted by Crippen LogP contribution is 2.61. The third-order valence-electron chi connectivity index (χ3n) is 7.73. The number of carbonyl (C=O) groups is 2. The summed E-state index contributed by atoms with van der Waals surface area (Å²) in [5.41, 5.74) is 0.639. The summed E-state index contributed by atoms with van der Waals surface area (Å²) in [4.78, 5) is 27.3. The first kappa shape index (κ1) is 18.2. The Bertz CT molecular complexity index is 728. The fraction of sp³-hybridized carbons (Fsp3) is 0.773. The minimum Gasteiger partial charge on any atom is -0.361 e. The Hall–Kier alpha value is -1.85. The van der Waals surface area contributed by atoms with Crippen molar-refractivity contribution in [2.75, 3.05) is 13.1 Å². The van der Waals surface area contributed by atoms with Gasteiger partial charge in [-0.1, -0.05) is 5.16 Å². The zero-order valence-electron chi connectivity index (χ0n) is 16.8. The van der Waals surface area contributed by atoms with Gasteiger partial charge in [0.1, 0.15) is 5.76 Å². The van der Waals surface area contributed by atoms with Crippen molar-refractivity contribution >= 4 is 11.8 Å². The van der Waals surface area contributed by atoms with E-state index in [4.69, 9.17) is 4.52 Å². The standard InChI is InChI=1S/C22H31N3O3/c1-14-6-19(24-28-14)21(27)23-18-2-4-25(5-3-18)20(26)13-22-10-15-7-16(11-22)9-17(8-15)12-22/h6,15-18H,2-5,7-13H2,1H3,(H,23,27). The molecule has 1 N–H and O–H groups in total. The molecule has 1 aromatic rings. The van der Waals surface area contributed by atoms with Crippen LogP contribution in [-0.4, -0.2) is 41.0 Å². The molecular formula is C22H31N3O3. The Morgan fingerprint density at radius 2 is 1.75 bits per heavy atom. The molecule has 2 heterocycles. The van der Waals surface area contributed by atoms with E-state index in [-0.39, 0.29) is 11.9 Å². The van der Waals surface area contributed by atoms with Gasteiger partial charge in [0.25, 0.3) is 5.91 Å². The number of rotatable bonds is 4. The van der Waals surface area contributed by atoms with E-state index in [1.807, 2.05) is 4.90 Å². The average molecular weight is 386 g/mol. The first-order valence-electron chi connectivity index (χ1n) is 11.0. The number of carbonyl (C=O) groups excluding carboxylic acids is 2. The SMILES string of the molecule is Cc1cc(C(=O)NC2CCN(C(=O)CC34CC5CC(CC(C5)C3)C4)CC2)no1. The second kappa shape index (κ2) is 6.89. The van der Waals surface area contributed by atoms with Crippen molar-refractivity contribution in [3.8, 4) is 0 Å². The number of nitrogens with zero attached hydrogens (tertiary/aromatic N) is 2. The zero-order valence-corrected chi connectivity index (χ0v) is 16.8. The lowest BCUT2D eigenvalue weighted by Gasteiger charge is -2.57. The van der Waals surface area contributed by atoms with Crippen LogP contribution in [0.4, 0.5) is 0 Å². The van der Waals surface area contributed by atoms with E-state index in [9.17, 15) is 9.59 Å². The van der Waals surface area contributed by atoms with Gasteiger partial charge in [-0.2, -0.15) is 0 Å². The zero-order chi connectivity index (χ0) is 19.3. The van der Waals surface area contributed by atoms with Gasteiger partial charge >= 0.3 is 0 Å². The summed E-state index contributed by atoms with van der Waals surface area (Å²) in [6, 6.07) is 1.76. The second-order valence-electron chi connectivity index (χ2n) is 10.0. The molecule has 4 saturated carbocycles. The number of hydrogen-bond donors (Lipinski definition) is 1. The predicted molar refractivity (Wildman–Crippen MR) is 104 cm³/mol. The Morgan fingerprint density at radius 1 is 1.14 bits per heavy atom. The Balaban J connectivity index is 1.13. The van der Waals surface area contributed by atoms with Crippen LogP contribution in [0.5, 0.6) is 0 Å². The molecule has 6 heteroatoms. The lowest BCUT2D eigenvalue weighted by Crippen LogP contribution is -2.50. The number of aromatic nitrogens is 1. The van der Waals surface area contributed by atoms with Crippen molar-refractivity contribution in [2.45, 2.75) is 70.8 Å². The van der Waals surface area contributed by atoms with E-state index in [2.05, 4.69) is 10.5 Å². The predicted octanol–water partition coefficient (Wildman–Crippen LogP) is 3.31. The van der Waals surface area contributed by atoms with Crippen LogP contribution >= 0.6 is 0 Å². The molecule has 0 radical (unpaired) electrons. The van der Waals surface area contributed by atoms with Crippen molar-refractivity contribution < 1.29 is 14.1 Å². The molecule has 4 bridgehead atoms. The highest BCUT2D eigenvalue weighted by atomic mass is 16.5. The second-order valence-corrected chi connectivity index (χ2v) is 10.0. The summed E-state index contributed by atoms with van der Waals surface area (Å²) < 4.78 is 4.97. The van der Waals surface area contributed by atoms with Gasteiger partial charge < -0.3 is 14.7 Å². The normalized spacial score (nSPS) is 34.6. The van der Waals surface area contributed by atoms with Crippen molar-refractivity contribution in [3.05, 3.63) is 17.5 Å². The number of aryl methyl sites for hydroxylation is 1. The molecule has 6 rings (SSSR count). The van der Waals surface area contributed by atoms with Crippen LogP contribution in [0.2, 0.25) is 0 Å². The third kappa shape index (κ3) is 3.46. The van der Waals surface area contributed by atoms with Crippen LogP contribution in [0.1, 0.15) is 74.0 Å². The molecule has 5 aliphatic rings. The maximum absolute atomic E-state index is 13.1. The quantitative estimate of drug-likeness (QED) is 0.863. The van der Waals surface area contributed by atoms with E-state index < -0.39 is 0 Å². The Morgan fingerprint density at radius 3 is 2.29 bits per heavy atom. The van der Waals surface area contributed by atoms with E-state index >= 15 is 0 Å². The topological polar surface area (TPSA) is 75.4 Å². The molecule has 28 heavy (non-hydrogen) atoms. The van der Waals surface area contributed by atoms with E-state index in [1.54, 1.807) is 13.0 Å². The Labute approximate surface area is 166 Å². The summed E-state index contributed by atoms with van der Waals surface area (Å²) in [6.07, 6.45) is 10.5. The molecule has 0 atom stereocenters. The Kier molecular flexibility index (Phi) is 4.48. The molecule has 0 unspecified atom stereocenters. The highest BCUT2D eigenvalue weighted by molar-refractivity contribution is 5.92. The average Bonchev–Trinajstić information content (AvgIpc) is 3.07. The van der Waals surface area contributed by atoms with Crippen molar-refractivity contribution in [3.63, 3.8) is 0 Å². The molecule has 0 spiro atoms. The summed E-state index contributed by atoms with van der Waals surface area (Å²) in [5, 5.41) is 6.81. The lowest BCUT2D eigenvalue weighted by molar-refractivity contribution is -0.140. The van der Waals surface area contributed by atoms with Gasteiger partial charge in [0, 0.05) is 31.6 Å². The molecule has 0 aromatic carbocycles. The number of likely N-dealkylation sites (tertiary alicyclic amines) is 1. The van der Waals surface area contributed by atoms with Gasteiger partial charge in [-0.15, -0.1) is 0 Å². The molecule has 6 nitrogen and oxygen atoms in total. The monoisotopic (exact) mass is 385 g/mol. The van der Waals surface area contributed by atoms with Crippen LogP contribution < -0.4 is 5.32 Å². The third-order valence-corrected chi connectivity index (χ3v) is 7.73. The fourth-order valence-electron chi connectivity index (χ4n) is 6.95. The maximum atomic E-state index is 13.1. The molecular weight excluding hydrogens is 354 g/mol. The minimum atomic E-state index is -0.185. The molecule has 1 aromatic heterocycles. The highest BCUT2D eigenvalue weighted by Gasteiger charge is 2.51. The van der Waals surface area contributed by atoms with Crippen LogP contribution in [0.25, 0.3) is 0 Å². The lowest BCUT2D eigenvalue weighted by atomic mass is 9.49. The van der Waals surface area contributed by atoms with Crippen LogP contribution in [0.3, 0.4) is 0 Å². The fourth-order valence-corrected chi connectivity index (χ4v) is 6.95. The molecule has 4 aliphatic carbocycles. The van der Waals surface area contributed by atoms with Gasteiger partial charge in [-0.05, 0) is 81.5 Å². The van der Waals surface area contributed by atoms with Crippen LogP contribution in [0.15, 0.2) is 10.6 Å². The van der Waals surface area contributed by atoms with Gasteiger partial charge in [-0.25, -0.2) is 0 Å². The summed E-state index contributed by atoms with van der Waals surface area (Å²) >= 11 is 0. The number of nitrogens with one attached hydrogen (secondary N) is 1. The largest absolute Gasteiger partial charge is 0.361 e. The summed E-state index contributed by atoms with van der Waals surface area (Å²) in [7, 11) is 0. The van der Waals surface area contributed by atoms with Gasteiger partial charge in [0.2, 0.25) is 5.91 Å². The van der Waals surface area contributed by atoms with Crippen molar-refractivity contribution in [1.82, 2.24) is 15.4 Å². The summed E-state index contributed by atoms with van der Waals surface area (Å²) in [5.74, 6) is 3.46. The maximum Gasteiger partial charge on any atom is 0.273 e. The molecule has 152 valence electrons. The smallest absolute Gasteiger partial charge is 0.273 e.